The highest BCUT2D eigenvalue weighted by Gasteiger charge is 2.25. The van der Waals surface area contributed by atoms with Gasteiger partial charge >= 0.3 is 0 Å². The summed E-state index contributed by atoms with van der Waals surface area (Å²) in [4.78, 5) is 4.12. The van der Waals surface area contributed by atoms with Crippen LogP contribution in [-0.4, -0.2) is 16.5 Å². The monoisotopic (exact) mass is 274 g/mol. The van der Waals surface area contributed by atoms with Crippen LogP contribution in [0.4, 0.5) is 0 Å². The second-order valence-corrected chi connectivity index (χ2v) is 4.47. The summed E-state index contributed by atoms with van der Waals surface area (Å²) < 4.78 is 7.03. The van der Waals surface area contributed by atoms with E-state index in [1.807, 2.05) is 30.3 Å². The predicted octanol–water partition coefficient (Wildman–Crippen LogP) is 1.80. The van der Waals surface area contributed by atoms with Crippen LogP contribution in [0.3, 0.4) is 0 Å². The predicted molar refractivity (Wildman–Crippen MR) is 75.8 cm³/mol. The Labute approximate surface area is 117 Å². The number of nitrogens with two attached hydrogens (primary N) is 1. The van der Waals surface area contributed by atoms with E-state index in [0.717, 1.165) is 5.56 Å². The number of rotatable bonds is 2. The number of nitrogens with zero attached hydrogens (tertiary/aromatic N) is 3. The lowest BCUT2D eigenvalue weighted by molar-refractivity contribution is 0.280. The van der Waals surface area contributed by atoms with Crippen LogP contribution < -0.4 is 5.73 Å². The molecule has 1 aromatic rings. The van der Waals surface area contributed by atoms with Crippen molar-refractivity contribution < 1.29 is 4.74 Å². The van der Waals surface area contributed by atoms with Gasteiger partial charge in [0.1, 0.15) is 18.2 Å². The molecule has 1 aliphatic heterocycles. The van der Waals surface area contributed by atoms with Gasteiger partial charge in [0.2, 0.25) is 5.90 Å². The molecule has 98 valence electrons. The number of nitriles is 1. The van der Waals surface area contributed by atoms with Crippen molar-refractivity contribution in [2.45, 2.75) is 19.8 Å². The molecule has 1 unspecified atom stereocenters. The first kappa shape index (κ1) is 13.5. The van der Waals surface area contributed by atoms with Crippen molar-refractivity contribution in [2.24, 2.45) is 10.7 Å². The van der Waals surface area contributed by atoms with E-state index >= 15 is 0 Å². The zero-order valence-electron chi connectivity index (χ0n) is 10.4. The van der Waals surface area contributed by atoms with E-state index in [-0.39, 0.29) is 5.90 Å². The molecule has 1 atom stereocenters. The average Bonchev–Trinajstić information content (AvgIpc) is 2.44. The summed E-state index contributed by atoms with van der Waals surface area (Å²) >= 11 is 4.18. The van der Waals surface area contributed by atoms with Crippen LogP contribution >= 0.6 is 12.8 Å². The summed E-state index contributed by atoms with van der Waals surface area (Å²) in [6.07, 6.45) is -0.647. The van der Waals surface area contributed by atoms with Crippen LogP contribution in [0.25, 0.3) is 0 Å². The lowest BCUT2D eigenvalue weighted by atomic mass is 10.2. The lowest BCUT2D eigenvalue weighted by Gasteiger charge is -2.28. The zero-order chi connectivity index (χ0) is 13.8. The Balaban J connectivity index is 2.16. The number of thiol groups is 1. The number of allylic oxidation sites excluding steroid dienone is 1. The maximum absolute atomic E-state index is 9.16. The fourth-order valence-electron chi connectivity index (χ4n) is 1.67. The Bertz CT molecular complexity index is 562. The molecular formula is C13H14N4OS. The van der Waals surface area contributed by atoms with Gasteiger partial charge in [0.15, 0.2) is 6.29 Å². The summed E-state index contributed by atoms with van der Waals surface area (Å²) in [5, 5.41) is 9.16. The first-order valence-corrected chi connectivity index (χ1v) is 6.13. The summed E-state index contributed by atoms with van der Waals surface area (Å²) in [7, 11) is 0. The van der Waals surface area contributed by atoms with Crippen LogP contribution in [-0.2, 0) is 11.3 Å². The topological polar surface area (TPSA) is 74.6 Å². The Morgan fingerprint density at radius 2 is 2.16 bits per heavy atom. The Morgan fingerprint density at radius 3 is 2.79 bits per heavy atom. The number of ether oxygens (including phenoxy) is 1. The SMILES string of the molecule is CC1=C(C#N)C(OCc2ccccc2)=NC(N)N1S. The molecule has 0 amide bonds. The smallest absolute Gasteiger partial charge is 0.232 e. The molecule has 0 saturated carbocycles. The molecule has 1 heterocycles. The van der Waals surface area contributed by atoms with E-state index in [9.17, 15) is 0 Å². The van der Waals surface area contributed by atoms with Gasteiger partial charge in [-0.05, 0) is 12.5 Å². The third-order valence-electron chi connectivity index (χ3n) is 2.75. The minimum absolute atomic E-state index is 0.265. The van der Waals surface area contributed by atoms with E-state index in [1.165, 1.54) is 4.31 Å². The quantitative estimate of drug-likeness (QED) is 0.806. The zero-order valence-corrected chi connectivity index (χ0v) is 11.3. The minimum atomic E-state index is -0.647. The first-order chi connectivity index (χ1) is 9.13. The minimum Gasteiger partial charge on any atom is -0.472 e. The molecule has 0 fully saturated rings. The van der Waals surface area contributed by atoms with Crippen LogP contribution in [0.1, 0.15) is 12.5 Å². The van der Waals surface area contributed by atoms with Gasteiger partial charge < -0.3 is 4.74 Å². The van der Waals surface area contributed by atoms with E-state index < -0.39 is 6.29 Å². The van der Waals surface area contributed by atoms with E-state index in [4.69, 9.17) is 15.7 Å². The average molecular weight is 274 g/mol. The second kappa shape index (κ2) is 5.78. The molecule has 2 N–H and O–H groups in total. The third-order valence-corrected chi connectivity index (χ3v) is 3.29. The first-order valence-electron chi connectivity index (χ1n) is 5.73. The van der Waals surface area contributed by atoms with Crippen LogP contribution in [0.5, 0.6) is 0 Å². The van der Waals surface area contributed by atoms with Crippen molar-refractivity contribution in [2.75, 3.05) is 0 Å². The standard InChI is InChI=1S/C13H14N4OS/c1-9-11(7-14)12(16-13(15)17(9)19)18-8-10-5-3-2-4-6-10/h2-6,13,19H,8,15H2,1H3. The van der Waals surface area contributed by atoms with Crippen molar-refractivity contribution in [1.29, 1.82) is 5.26 Å². The summed E-state index contributed by atoms with van der Waals surface area (Å²) in [6.45, 7) is 2.10. The number of aliphatic imine (C=N–C) groups is 1. The van der Waals surface area contributed by atoms with Gasteiger partial charge in [-0.25, -0.2) is 4.99 Å². The Morgan fingerprint density at radius 1 is 1.47 bits per heavy atom. The highest BCUT2D eigenvalue weighted by molar-refractivity contribution is 7.77. The molecule has 0 aliphatic carbocycles. The number of hydrogen-bond donors (Lipinski definition) is 2. The summed E-state index contributed by atoms with van der Waals surface area (Å²) in [5.74, 6) is 0.265. The van der Waals surface area contributed by atoms with E-state index in [2.05, 4.69) is 23.9 Å². The molecule has 2 rings (SSSR count). The van der Waals surface area contributed by atoms with Crippen molar-refractivity contribution in [3.05, 3.63) is 47.2 Å². The second-order valence-electron chi connectivity index (χ2n) is 4.04. The number of benzene rings is 1. The van der Waals surface area contributed by atoms with Gasteiger partial charge in [-0.15, -0.1) is 0 Å². The molecule has 19 heavy (non-hydrogen) atoms. The Kier molecular flexibility index (Phi) is 4.10. The van der Waals surface area contributed by atoms with Gasteiger partial charge in [0.25, 0.3) is 0 Å². The van der Waals surface area contributed by atoms with Crippen LogP contribution in [0.15, 0.2) is 46.6 Å². The Hall–Kier alpha value is -1.97. The van der Waals surface area contributed by atoms with Gasteiger partial charge in [0.05, 0.1) is 0 Å². The summed E-state index contributed by atoms with van der Waals surface area (Å²) in [5.41, 5.74) is 7.78. The van der Waals surface area contributed by atoms with E-state index in [1.54, 1.807) is 6.92 Å². The van der Waals surface area contributed by atoms with Crippen molar-refractivity contribution >= 4 is 18.7 Å². The maximum Gasteiger partial charge on any atom is 0.232 e. The molecule has 0 saturated heterocycles. The molecule has 1 aliphatic rings. The molecular weight excluding hydrogens is 260 g/mol. The normalized spacial score (nSPS) is 18.9. The molecule has 0 bridgehead atoms. The van der Waals surface area contributed by atoms with Crippen molar-refractivity contribution in [3.63, 3.8) is 0 Å². The van der Waals surface area contributed by atoms with Crippen molar-refractivity contribution in [3.8, 4) is 6.07 Å². The molecule has 1 aromatic carbocycles. The fraction of sp³-hybridized carbons (Fsp3) is 0.231. The largest absolute Gasteiger partial charge is 0.472 e. The van der Waals surface area contributed by atoms with E-state index in [0.29, 0.717) is 17.9 Å². The van der Waals surface area contributed by atoms with Gasteiger partial charge in [0, 0.05) is 5.70 Å². The third kappa shape index (κ3) is 2.89. The fourth-order valence-corrected chi connectivity index (χ4v) is 1.82. The summed E-state index contributed by atoms with van der Waals surface area (Å²) in [6, 6.07) is 11.7. The highest BCUT2D eigenvalue weighted by Crippen LogP contribution is 2.22. The maximum atomic E-state index is 9.16. The molecule has 0 spiro atoms. The van der Waals surface area contributed by atoms with Gasteiger partial charge in [-0.1, -0.05) is 43.1 Å². The molecule has 6 heteroatoms. The van der Waals surface area contributed by atoms with Gasteiger partial charge in [-0.2, -0.15) is 5.26 Å². The molecule has 5 nitrogen and oxygen atoms in total. The highest BCUT2D eigenvalue weighted by atomic mass is 32.1. The van der Waals surface area contributed by atoms with Gasteiger partial charge in [-0.3, -0.25) is 10.0 Å². The number of hydrogen-bond acceptors (Lipinski definition) is 6. The van der Waals surface area contributed by atoms with Crippen molar-refractivity contribution in [1.82, 2.24) is 4.31 Å². The van der Waals surface area contributed by atoms with Crippen LogP contribution in [0.2, 0.25) is 0 Å². The van der Waals surface area contributed by atoms with Crippen LogP contribution in [0, 0.1) is 11.3 Å². The molecule has 0 aromatic heterocycles. The lowest BCUT2D eigenvalue weighted by Crippen LogP contribution is -2.38. The molecule has 0 radical (unpaired) electrons.